The van der Waals surface area contributed by atoms with E-state index in [2.05, 4.69) is 15.4 Å². The molecule has 4 aromatic rings. The van der Waals surface area contributed by atoms with Crippen LogP contribution in [0.1, 0.15) is 45.6 Å². The lowest BCUT2D eigenvalue weighted by molar-refractivity contribution is 0.101. The highest BCUT2D eigenvalue weighted by molar-refractivity contribution is 7.18. The second-order valence-corrected chi connectivity index (χ2v) is 7.97. The molecular formula is C23H20N4O2S. The second kappa shape index (κ2) is 8.42. The van der Waals surface area contributed by atoms with Crippen molar-refractivity contribution < 1.29 is 9.59 Å². The van der Waals surface area contributed by atoms with Crippen LogP contribution >= 0.6 is 11.3 Å². The van der Waals surface area contributed by atoms with Crippen LogP contribution in [0.4, 0.5) is 5.13 Å². The van der Waals surface area contributed by atoms with Crippen molar-refractivity contribution in [1.82, 2.24) is 14.8 Å². The van der Waals surface area contributed by atoms with E-state index in [1.165, 1.54) is 11.3 Å². The minimum absolute atomic E-state index is 0.0483. The van der Waals surface area contributed by atoms with Crippen LogP contribution in [0.3, 0.4) is 0 Å². The zero-order valence-corrected chi connectivity index (χ0v) is 17.4. The first-order valence-electron chi connectivity index (χ1n) is 9.55. The molecule has 2 heterocycles. The Hall–Kier alpha value is -3.58. The second-order valence-electron chi connectivity index (χ2n) is 6.97. The molecule has 2 aromatic carbocycles. The summed E-state index contributed by atoms with van der Waals surface area (Å²) in [5.41, 5.74) is 2.40. The number of hydrogen-bond donors (Lipinski definition) is 1. The molecule has 1 N–H and O–H groups in total. The van der Waals surface area contributed by atoms with Crippen LogP contribution in [0.5, 0.6) is 0 Å². The van der Waals surface area contributed by atoms with Gasteiger partial charge in [0.1, 0.15) is 10.6 Å². The monoisotopic (exact) mass is 416 g/mol. The first-order chi connectivity index (χ1) is 14.5. The van der Waals surface area contributed by atoms with Gasteiger partial charge < -0.3 is 0 Å². The Labute approximate surface area is 178 Å². The summed E-state index contributed by atoms with van der Waals surface area (Å²) < 4.78 is 1.65. The average Bonchev–Trinajstić information content (AvgIpc) is 3.42. The van der Waals surface area contributed by atoms with Gasteiger partial charge in [0.25, 0.3) is 5.91 Å². The van der Waals surface area contributed by atoms with E-state index in [0.29, 0.717) is 27.0 Å². The number of aromatic nitrogens is 3. The molecule has 0 atom stereocenters. The number of anilines is 1. The van der Waals surface area contributed by atoms with Crippen LogP contribution in [-0.4, -0.2) is 26.5 Å². The van der Waals surface area contributed by atoms with Gasteiger partial charge in [-0.1, -0.05) is 72.0 Å². The number of carbonyl (C=O) groups is 2. The van der Waals surface area contributed by atoms with E-state index < -0.39 is 0 Å². The summed E-state index contributed by atoms with van der Waals surface area (Å²) in [5, 5.41) is 7.40. The van der Waals surface area contributed by atoms with Gasteiger partial charge in [-0.05, 0) is 19.9 Å². The number of amides is 1. The molecule has 0 unspecified atom stereocenters. The summed E-state index contributed by atoms with van der Waals surface area (Å²) in [5.74, 6) is -0.437. The average molecular weight is 417 g/mol. The normalized spacial score (nSPS) is 10.9. The Morgan fingerprint density at radius 2 is 1.63 bits per heavy atom. The lowest BCUT2D eigenvalue weighted by Gasteiger charge is -2.09. The van der Waals surface area contributed by atoms with Gasteiger partial charge in [-0.25, -0.2) is 4.98 Å². The molecule has 4 rings (SSSR count). The van der Waals surface area contributed by atoms with Gasteiger partial charge in [0.15, 0.2) is 5.13 Å². The molecule has 0 aliphatic heterocycles. The van der Waals surface area contributed by atoms with Crippen LogP contribution in [-0.2, 0) is 0 Å². The van der Waals surface area contributed by atoms with E-state index >= 15 is 0 Å². The van der Waals surface area contributed by atoms with Crippen LogP contribution < -0.4 is 5.32 Å². The van der Waals surface area contributed by atoms with Crippen molar-refractivity contribution in [3.05, 3.63) is 89.1 Å². The molecule has 0 fully saturated rings. The number of rotatable bonds is 6. The van der Waals surface area contributed by atoms with Crippen molar-refractivity contribution in [3.8, 4) is 11.3 Å². The van der Waals surface area contributed by atoms with Gasteiger partial charge in [-0.3, -0.25) is 19.6 Å². The molecular weight excluding hydrogens is 396 g/mol. The zero-order chi connectivity index (χ0) is 21.1. The minimum Gasteiger partial charge on any atom is -0.296 e. The molecule has 0 aliphatic carbocycles. The fourth-order valence-electron chi connectivity index (χ4n) is 3.11. The van der Waals surface area contributed by atoms with Crippen molar-refractivity contribution in [3.63, 3.8) is 0 Å². The molecule has 30 heavy (non-hydrogen) atoms. The maximum absolute atomic E-state index is 13.2. The van der Waals surface area contributed by atoms with Crippen molar-refractivity contribution in [1.29, 1.82) is 0 Å². The first kappa shape index (κ1) is 19.7. The van der Waals surface area contributed by atoms with E-state index in [4.69, 9.17) is 0 Å². The molecule has 0 spiro atoms. The molecule has 1 amide bonds. The topological polar surface area (TPSA) is 76.9 Å². The first-order valence-corrected chi connectivity index (χ1v) is 10.4. The maximum atomic E-state index is 13.2. The Kier molecular flexibility index (Phi) is 5.54. The Morgan fingerprint density at radius 3 is 2.30 bits per heavy atom. The van der Waals surface area contributed by atoms with E-state index in [1.807, 2.05) is 62.4 Å². The molecule has 0 radical (unpaired) electrons. The SMILES string of the molecule is CC(C)n1nccc1C(=O)Nc1nc(-c2ccccc2)c(C(=O)c2ccccc2)s1. The van der Waals surface area contributed by atoms with Gasteiger partial charge in [0, 0.05) is 23.4 Å². The zero-order valence-electron chi connectivity index (χ0n) is 16.6. The molecule has 0 saturated carbocycles. The number of nitrogens with one attached hydrogen (secondary N) is 1. The number of benzene rings is 2. The third kappa shape index (κ3) is 3.92. The van der Waals surface area contributed by atoms with Crippen molar-refractivity contribution >= 4 is 28.2 Å². The van der Waals surface area contributed by atoms with Gasteiger partial charge in [-0.15, -0.1) is 0 Å². The standard InChI is InChI=1S/C23H20N4O2S/c1-15(2)27-18(13-14-24-27)22(29)26-23-25-19(16-9-5-3-6-10-16)21(30-23)20(28)17-11-7-4-8-12-17/h3-15H,1-2H3,(H,25,26,29). The predicted molar refractivity (Wildman–Crippen MR) is 118 cm³/mol. The predicted octanol–water partition coefficient (Wildman–Crippen LogP) is 5.07. The smallest absolute Gasteiger partial charge is 0.275 e. The highest BCUT2D eigenvalue weighted by Gasteiger charge is 2.23. The fourth-order valence-corrected chi connectivity index (χ4v) is 4.05. The number of hydrogen-bond acceptors (Lipinski definition) is 5. The number of ketones is 1. The lowest BCUT2D eigenvalue weighted by Crippen LogP contribution is -2.18. The summed E-state index contributed by atoms with van der Waals surface area (Å²) >= 11 is 1.17. The molecule has 6 nitrogen and oxygen atoms in total. The minimum atomic E-state index is -0.312. The van der Waals surface area contributed by atoms with E-state index in [9.17, 15) is 9.59 Å². The summed E-state index contributed by atoms with van der Waals surface area (Å²) in [4.78, 5) is 31.0. The Balaban J connectivity index is 1.71. The quantitative estimate of drug-likeness (QED) is 0.445. The van der Waals surface area contributed by atoms with E-state index in [0.717, 1.165) is 5.56 Å². The summed E-state index contributed by atoms with van der Waals surface area (Å²) in [6.07, 6.45) is 1.59. The molecule has 150 valence electrons. The largest absolute Gasteiger partial charge is 0.296 e. The number of carbonyl (C=O) groups excluding carboxylic acids is 2. The summed E-state index contributed by atoms with van der Waals surface area (Å²) in [7, 11) is 0. The molecule has 0 bridgehead atoms. The molecule has 7 heteroatoms. The van der Waals surface area contributed by atoms with Crippen molar-refractivity contribution in [2.24, 2.45) is 0 Å². The highest BCUT2D eigenvalue weighted by atomic mass is 32.1. The van der Waals surface area contributed by atoms with Crippen molar-refractivity contribution in [2.45, 2.75) is 19.9 Å². The van der Waals surface area contributed by atoms with Gasteiger partial charge in [0.05, 0.1) is 5.69 Å². The van der Waals surface area contributed by atoms with Crippen LogP contribution in [0.2, 0.25) is 0 Å². The van der Waals surface area contributed by atoms with E-state index in [-0.39, 0.29) is 17.7 Å². The molecule has 0 saturated heterocycles. The summed E-state index contributed by atoms with van der Waals surface area (Å²) in [6.45, 7) is 3.91. The number of nitrogens with zero attached hydrogens (tertiary/aromatic N) is 3. The fraction of sp³-hybridized carbons (Fsp3) is 0.130. The van der Waals surface area contributed by atoms with Crippen LogP contribution in [0.25, 0.3) is 11.3 Å². The Bertz CT molecular complexity index is 1180. The number of thiazole rings is 1. The molecule has 0 aliphatic rings. The van der Waals surface area contributed by atoms with Crippen molar-refractivity contribution in [2.75, 3.05) is 5.32 Å². The Morgan fingerprint density at radius 1 is 0.967 bits per heavy atom. The third-order valence-electron chi connectivity index (χ3n) is 4.53. The summed E-state index contributed by atoms with van der Waals surface area (Å²) in [6, 6.07) is 20.3. The van der Waals surface area contributed by atoms with Crippen LogP contribution in [0, 0.1) is 0 Å². The van der Waals surface area contributed by atoms with Crippen LogP contribution in [0.15, 0.2) is 72.9 Å². The van der Waals surface area contributed by atoms with Gasteiger partial charge in [0.2, 0.25) is 5.78 Å². The van der Waals surface area contributed by atoms with Gasteiger partial charge in [-0.2, -0.15) is 5.10 Å². The highest BCUT2D eigenvalue weighted by Crippen LogP contribution is 2.33. The third-order valence-corrected chi connectivity index (χ3v) is 5.50. The van der Waals surface area contributed by atoms with E-state index in [1.54, 1.807) is 29.1 Å². The molecule has 2 aromatic heterocycles. The lowest BCUT2D eigenvalue weighted by atomic mass is 10.1. The van der Waals surface area contributed by atoms with Gasteiger partial charge >= 0.3 is 0 Å². The maximum Gasteiger partial charge on any atom is 0.275 e.